The van der Waals surface area contributed by atoms with Crippen LogP contribution in [0, 0.1) is 0 Å². The van der Waals surface area contributed by atoms with Gasteiger partial charge in [-0.25, -0.2) is 0 Å². The van der Waals surface area contributed by atoms with Gasteiger partial charge in [0.1, 0.15) is 0 Å². The number of halogens is 2. The second-order valence-electron chi connectivity index (χ2n) is 2.91. The van der Waals surface area contributed by atoms with Crippen molar-refractivity contribution in [2.24, 2.45) is 0 Å². The van der Waals surface area contributed by atoms with Crippen molar-refractivity contribution in [1.29, 1.82) is 0 Å². The molecule has 0 amide bonds. The first kappa shape index (κ1) is 9.71. The third kappa shape index (κ3) is 2.57. The van der Waals surface area contributed by atoms with Crippen molar-refractivity contribution in [3.63, 3.8) is 0 Å². The van der Waals surface area contributed by atoms with E-state index < -0.39 is 21.2 Å². The summed E-state index contributed by atoms with van der Waals surface area (Å²) in [6.45, 7) is 0. The number of nitrogens with one attached hydrogen (secondary N) is 1. The summed E-state index contributed by atoms with van der Waals surface area (Å²) in [7, 11) is 0. The van der Waals surface area contributed by atoms with E-state index in [4.69, 9.17) is 0 Å². The van der Waals surface area contributed by atoms with Crippen LogP contribution in [-0.4, -0.2) is 4.43 Å². The van der Waals surface area contributed by atoms with E-state index in [-0.39, 0.29) is 3.83 Å². The van der Waals surface area contributed by atoms with Crippen LogP contribution < -0.4 is 26.5 Å². The summed E-state index contributed by atoms with van der Waals surface area (Å²) in [4.78, 5) is 0. The van der Waals surface area contributed by atoms with Crippen molar-refractivity contribution >= 4 is 5.69 Å². The van der Waals surface area contributed by atoms with E-state index in [9.17, 15) is 4.39 Å². The monoisotopic (exact) mass is 302 g/mol. The topological polar surface area (TPSA) is 12.0 Å². The minimum absolute atomic E-state index is 0.0717. The van der Waals surface area contributed by atoms with Crippen molar-refractivity contribution in [2.45, 2.75) is 0 Å². The normalized spacial score (nSPS) is 16.4. The van der Waals surface area contributed by atoms with Crippen molar-refractivity contribution in [1.82, 2.24) is 0 Å². The van der Waals surface area contributed by atoms with Crippen LogP contribution in [0.25, 0.3) is 0 Å². The van der Waals surface area contributed by atoms with Gasteiger partial charge in [0, 0.05) is 0 Å². The number of hydrogen-bond donors (Lipinski definition) is 1. The summed E-state index contributed by atoms with van der Waals surface area (Å²) in [6.07, 6.45) is 3.40. The fraction of sp³-hybridized carbons (Fsp3) is 0.0909. The Bertz CT molecular complexity index is 370. The van der Waals surface area contributed by atoms with Gasteiger partial charge in [-0.3, -0.25) is 0 Å². The average Bonchev–Trinajstić information content (AvgIpc) is 2.23. The van der Waals surface area contributed by atoms with E-state index in [0.29, 0.717) is 0 Å². The predicted octanol–water partition coefficient (Wildman–Crippen LogP) is -0.104. The van der Waals surface area contributed by atoms with Crippen molar-refractivity contribution in [2.75, 3.05) is 9.74 Å². The number of rotatable bonds is 2. The number of alkyl halides is 1. The third-order valence-electron chi connectivity index (χ3n) is 1.83. The summed E-state index contributed by atoms with van der Waals surface area (Å²) < 4.78 is 13.7. The fourth-order valence-corrected chi connectivity index (χ4v) is 2.82. The van der Waals surface area contributed by atoms with Gasteiger partial charge in [0.2, 0.25) is 0 Å². The van der Waals surface area contributed by atoms with Crippen LogP contribution >= 0.6 is 0 Å². The standard InChI is InChI=1S/C11H10FIN/c12-11-7-6-10(8-13-11)14-9-4-2-1-3-5-9/h1-7,14H,8H2/q-1. The Hall–Kier alpha value is -0.840. The molecular weight excluding hydrogens is 292 g/mol. The number of allylic oxidation sites excluding steroid dienone is 3. The molecule has 0 bridgehead atoms. The zero-order valence-electron chi connectivity index (χ0n) is 7.50. The Labute approximate surface area is 93.0 Å². The van der Waals surface area contributed by atoms with Crippen LogP contribution in [0.2, 0.25) is 0 Å². The molecule has 0 atom stereocenters. The number of benzene rings is 1. The summed E-state index contributed by atoms with van der Waals surface area (Å²) in [6, 6.07) is 9.96. The molecule has 14 heavy (non-hydrogen) atoms. The molecule has 1 heterocycles. The molecule has 1 aromatic carbocycles. The van der Waals surface area contributed by atoms with Crippen LogP contribution in [-0.2, 0) is 0 Å². The molecule has 1 aliphatic rings. The van der Waals surface area contributed by atoms with E-state index in [1.54, 1.807) is 6.08 Å². The van der Waals surface area contributed by atoms with Gasteiger partial charge in [0.05, 0.1) is 0 Å². The molecule has 74 valence electrons. The van der Waals surface area contributed by atoms with Crippen LogP contribution in [0.5, 0.6) is 0 Å². The zero-order chi connectivity index (χ0) is 9.80. The van der Waals surface area contributed by atoms with Crippen molar-refractivity contribution in [3.05, 3.63) is 52.0 Å². The maximum absolute atomic E-state index is 12.7. The second-order valence-corrected chi connectivity index (χ2v) is 5.46. The Morgan fingerprint density at radius 1 is 1.14 bits per heavy atom. The number of anilines is 1. The molecule has 1 N–H and O–H groups in total. The first-order chi connectivity index (χ1) is 6.84. The molecule has 0 aromatic heterocycles. The summed E-state index contributed by atoms with van der Waals surface area (Å²) in [5, 5.41) is 3.28. The SMILES string of the molecule is FC1=CC=C(Nc2ccccc2)C[I-]1. The van der Waals surface area contributed by atoms with E-state index in [2.05, 4.69) is 5.32 Å². The minimum atomic E-state index is -0.423. The maximum atomic E-state index is 12.7. The molecular formula is C11H10FIN-. The van der Waals surface area contributed by atoms with Gasteiger partial charge in [-0.15, -0.1) is 0 Å². The Morgan fingerprint density at radius 3 is 2.57 bits per heavy atom. The molecule has 1 aliphatic heterocycles. The second kappa shape index (κ2) is 4.59. The molecule has 2 rings (SSSR count). The first-order valence-corrected chi connectivity index (χ1v) is 6.92. The molecule has 0 aliphatic carbocycles. The molecule has 0 spiro atoms. The van der Waals surface area contributed by atoms with Gasteiger partial charge in [0.25, 0.3) is 0 Å². The van der Waals surface area contributed by atoms with Gasteiger partial charge in [-0.1, -0.05) is 0 Å². The molecule has 0 saturated heterocycles. The van der Waals surface area contributed by atoms with E-state index in [0.717, 1.165) is 15.8 Å². The fourth-order valence-electron chi connectivity index (χ4n) is 1.17. The molecule has 1 aromatic rings. The van der Waals surface area contributed by atoms with Crippen molar-refractivity contribution < 1.29 is 25.6 Å². The third-order valence-corrected chi connectivity index (χ3v) is 4.12. The van der Waals surface area contributed by atoms with Crippen LogP contribution in [0.3, 0.4) is 0 Å². The zero-order valence-corrected chi connectivity index (χ0v) is 9.66. The van der Waals surface area contributed by atoms with E-state index >= 15 is 0 Å². The Kier molecular flexibility index (Phi) is 3.18. The van der Waals surface area contributed by atoms with Gasteiger partial charge >= 0.3 is 93.0 Å². The molecule has 1 nitrogen and oxygen atoms in total. The van der Waals surface area contributed by atoms with Gasteiger partial charge in [-0.2, -0.15) is 0 Å². The Balaban J connectivity index is 2.06. The van der Waals surface area contributed by atoms with Gasteiger partial charge in [0.15, 0.2) is 0 Å². The summed E-state index contributed by atoms with van der Waals surface area (Å²) in [5.41, 5.74) is 2.18. The predicted molar refractivity (Wildman–Crippen MR) is 52.2 cm³/mol. The quantitative estimate of drug-likeness (QED) is 0.594. The molecule has 0 unspecified atom stereocenters. The number of para-hydroxylation sites is 1. The summed E-state index contributed by atoms with van der Waals surface area (Å²) in [5.74, 6) is 0. The van der Waals surface area contributed by atoms with Gasteiger partial charge < -0.3 is 0 Å². The van der Waals surface area contributed by atoms with Crippen LogP contribution in [0.1, 0.15) is 0 Å². The average molecular weight is 302 g/mol. The number of hydrogen-bond acceptors (Lipinski definition) is 1. The molecule has 0 saturated carbocycles. The van der Waals surface area contributed by atoms with Crippen molar-refractivity contribution in [3.8, 4) is 0 Å². The van der Waals surface area contributed by atoms with E-state index in [1.165, 1.54) is 0 Å². The molecule has 0 radical (unpaired) electrons. The van der Waals surface area contributed by atoms with Crippen LogP contribution in [0.15, 0.2) is 52.0 Å². The first-order valence-electron chi connectivity index (χ1n) is 4.32. The van der Waals surface area contributed by atoms with Crippen LogP contribution in [0.4, 0.5) is 10.1 Å². The van der Waals surface area contributed by atoms with Gasteiger partial charge in [-0.05, 0) is 0 Å². The molecule has 3 heteroatoms. The Morgan fingerprint density at radius 2 is 1.93 bits per heavy atom. The van der Waals surface area contributed by atoms with E-state index in [1.807, 2.05) is 36.4 Å². The molecule has 0 fully saturated rings. The summed E-state index contributed by atoms with van der Waals surface area (Å²) >= 11 is -0.423.